The molecule has 4 aromatic rings. The predicted molar refractivity (Wildman–Crippen MR) is 121 cm³/mol. The average molecular weight is 393 g/mol. The lowest BCUT2D eigenvalue weighted by Crippen LogP contribution is -2.07. The molecule has 30 heavy (non-hydrogen) atoms. The van der Waals surface area contributed by atoms with E-state index in [1.54, 1.807) is 0 Å². The van der Waals surface area contributed by atoms with E-state index >= 15 is 0 Å². The molecule has 0 aromatic heterocycles. The summed E-state index contributed by atoms with van der Waals surface area (Å²) in [4.78, 5) is 0. The number of aryl methyl sites for hydroxylation is 1. The molecule has 0 unspecified atom stereocenters. The Bertz CT molecular complexity index is 1180. The van der Waals surface area contributed by atoms with Gasteiger partial charge in [-0.15, -0.1) is 0 Å². The molecule has 3 heteroatoms. The Kier molecular flexibility index (Phi) is 5.96. The van der Waals surface area contributed by atoms with Crippen LogP contribution in [0.25, 0.3) is 21.9 Å². The first-order valence-corrected chi connectivity index (χ1v) is 10.2. The predicted octanol–water partition coefficient (Wildman–Crippen LogP) is 6.75. The molecule has 0 aliphatic rings. The third-order valence-electron chi connectivity index (χ3n) is 5.11. The molecule has 0 fully saturated rings. The number of benzene rings is 4. The van der Waals surface area contributed by atoms with E-state index in [-0.39, 0.29) is 6.79 Å². The summed E-state index contributed by atoms with van der Waals surface area (Å²) in [5.74, 6) is 1.66. The summed E-state index contributed by atoms with van der Waals surface area (Å²) in [6.07, 6.45) is 1.95. The fraction of sp³-hybridized carbons (Fsp3) is 0.148. The van der Waals surface area contributed by atoms with Crippen LogP contribution in [-0.4, -0.2) is 6.79 Å². The number of hydrogen-bond acceptors (Lipinski definition) is 3. The van der Waals surface area contributed by atoms with Gasteiger partial charge in [-0.1, -0.05) is 67.9 Å². The molecule has 0 heterocycles. The van der Waals surface area contributed by atoms with E-state index in [0.717, 1.165) is 51.8 Å². The largest absolute Gasteiger partial charge is 0.457 e. The monoisotopic (exact) mass is 393 g/mol. The van der Waals surface area contributed by atoms with Crippen molar-refractivity contribution in [3.05, 3.63) is 96.1 Å². The number of nitrogens with zero attached hydrogens (tertiary/aromatic N) is 1. The fourth-order valence-corrected chi connectivity index (χ4v) is 3.58. The van der Waals surface area contributed by atoms with E-state index in [9.17, 15) is 0 Å². The smallest absolute Gasteiger partial charge is 0.230 e. The first-order valence-electron chi connectivity index (χ1n) is 10.2. The minimum Gasteiger partial charge on any atom is -0.457 e. The lowest BCUT2D eigenvalue weighted by atomic mass is 9.99. The molecule has 148 valence electrons. The second kappa shape index (κ2) is 9.15. The maximum absolute atomic E-state index is 8.99. The Balaban J connectivity index is 1.51. The molecule has 0 amide bonds. The topological polar surface area (TPSA) is 42.2 Å². The molecule has 4 rings (SSSR count). The van der Waals surface area contributed by atoms with Crippen molar-refractivity contribution in [3.8, 4) is 28.7 Å². The molecule has 0 aliphatic heterocycles. The second-order valence-corrected chi connectivity index (χ2v) is 7.15. The molecule has 0 radical (unpaired) electrons. The third kappa shape index (κ3) is 4.29. The van der Waals surface area contributed by atoms with Crippen LogP contribution in [0.5, 0.6) is 11.5 Å². The summed E-state index contributed by atoms with van der Waals surface area (Å²) >= 11 is 0. The number of rotatable bonds is 7. The first-order chi connectivity index (χ1) is 14.8. The van der Waals surface area contributed by atoms with Crippen LogP contribution in [0.2, 0.25) is 0 Å². The molecule has 0 aliphatic carbocycles. The quantitative estimate of drug-likeness (QED) is 0.326. The van der Waals surface area contributed by atoms with Crippen LogP contribution in [0, 0.1) is 11.3 Å². The van der Waals surface area contributed by atoms with Crippen molar-refractivity contribution in [2.75, 3.05) is 6.79 Å². The van der Waals surface area contributed by atoms with Crippen molar-refractivity contribution in [2.45, 2.75) is 19.8 Å². The molecule has 0 atom stereocenters. The molecule has 0 N–H and O–H groups in total. The van der Waals surface area contributed by atoms with Crippen LogP contribution in [-0.2, 0) is 6.42 Å². The minimum atomic E-state index is 0.154. The molecule has 0 bridgehead atoms. The number of hydrogen-bond donors (Lipinski definition) is 0. The van der Waals surface area contributed by atoms with Crippen molar-refractivity contribution in [1.29, 1.82) is 5.26 Å². The van der Waals surface area contributed by atoms with E-state index in [2.05, 4.69) is 37.3 Å². The highest BCUT2D eigenvalue weighted by molar-refractivity contribution is 5.88. The third-order valence-corrected chi connectivity index (χ3v) is 5.11. The summed E-state index contributed by atoms with van der Waals surface area (Å²) in [6, 6.07) is 30.2. The van der Waals surface area contributed by atoms with Crippen LogP contribution >= 0.6 is 0 Å². The molecule has 3 nitrogen and oxygen atoms in total. The molecular weight excluding hydrogens is 370 g/mol. The molecule has 0 saturated heterocycles. The zero-order valence-corrected chi connectivity index (χ0v) is 17.0. The Labute approximate surface area is 177 Å². The maximum atomic E-state index is 8.99. The van der Waals surface area contributed by atoms with E-state index in [1.807, 2.05) is 60.7 Å². The second-order valence-electron chi connectivity index (χ2n) is 7.15. The Morgan fingerprint density at radius 1 is 0.767 bits per heavy atom. The van der Waals surface area contributed by atoms with Gasteiger partial charge in [-0.25, -0.2) is 0 Å². The van der Waals surface area contributed by atoms with Crippen molar-refractivity contribution in [2.24, 2.45) is 0 Å². The van der Waals surface area contributed by atoms with Crippen LogP contribution in [0.3, 0.4) is 0 Å². The zero-order chi connectivity index (χ0) is 20.8. The van der Waals surface area contributed by atoms with Gasteiger partial charge < -0.3 is 9.47 Å². The highest BCUT2D eigenvalue weighted by Crippen LogP contribution is 2.29. The van der Waals surface area contributed by atoms with Crippen LogP contribution in [0.1, 0.15) is 24.5 Å². The highest BCUT2D eigenvalue weighted by Gasteiger charge is 2.08. The van der Waals surface area contributed by atoms with Gasteiger partial charge in [0.1, 0.15) is 11.5 Å². The van der Waals surface area contributed by atoms with E-state index in [1.165, 1.54) is 0 Å². The summed E-state index contributed by atoms with van der Waals surface area (Å²) in [7, 11) is 0. The average Bonchev–Trinajstić information content (AvgIpc) is 2.80. The lowest BCUT2D eigenvalue weighted by molar-refractivity contribution is 0.120. The van der Waals surface area contributed by atoms with Gasteiger partial charge in [-0.2, -0.15) is 5.26 Å². The van der Waals surface area contributed by atoms with Gasteiger partial charge >= 0.3 is 0 Å². The van der Waals surface area contributed by atoms with E-state index in [0.29, 0.717) is 5.56 Å². The standard InChI is InChI=1S/C27H23NO2/c1-2-6-24-17-23(21-13-11-20(18-28)12-14-21)15-16-26(24)29-19-30-27-10-5-8-22-7-3-4-9-25(22)27/h3-5,7-17H,2,6,19H2,1H3. The van der Waals surface area contributed by atoms with Gasteiger partial charge in [0.15, 0.2) is 0 Å². The molecule has 0 spiro atoms. The van der Waals surface area contributed by atoms with Crippen LogP contribution in [0.4, 0.5) is 0 Å². The van der Waals surface area contributed by atoms with Gasteiger partial charge in [0.25, 0.3) is 0 Å². The zero-order valence-electron chi connectivity index (χ0n) is 17.0. The van der Waals surface area contributed by atoms with Gasteiger partial charge in [0.2, 0.25) is 6.79 Å². The van der Waals surface area contributed by atoms with Crippen LogP contribution in [0.15, 0.2) is 84.9 Å². The van der Waals surface area contributed by atoms with Gasteiger partial charge in [-0.05, 0) is 58.8 Å². The maximum Gasteiger partial charge on any atom is 0.230 e. The summed E-state index contributed by atoms with van der Waals surface area (Å²) < 4.78 is 11.9. The normalized spacial score (nSPS) is 10.5. The van der Waals surface area contributed by atoms with Gasteiger partial charge in [-0.3, -0.25) is 0 Å². The van der Waals surface area contributed by atoms with Crippen molar-refractivity contribution < 1.29 is 9.47 Å². The molecular formula is C27H23NO2. The number of ether oxygens (including phenoxy) is 2. The Morgan fingerprint density at radius 3 is 2.30 bits per heavy atom. The van der Waals surface area contributed by atoms with Crippen molar-refractivity contribution in [1.82, 2.24) is 0 Å². The molecule has 0 saturated carbocycles. The van der Waals surface area contributed by atoms with Gasteiger partial charge in [0.05, 0.1) is 11.6 Å². The first kappa shape index (κ1) is 19.5. The minimum absolute atomic E-state index is 0.154. The molecule has 4 aromatic carbocycles. The summed E-state index contributed by atoms with van der Waals surface area (Å²) in [5.41, 5.74) is 4.02. The Hall–Kier alpha value is -3.77. The SMILES string of the molecule is CCCc1cc(-c2ccc(C#N)cc2)ccc1OCOc1cccc2ccccc12. The Morgan fingerprint density at radius 2 is 1.50 bits per heavy atom. The van der Waals surface area contributed by atoms with E-state index < -0.39 is 0 Å². The van der Waals surface area contributed by atoms with E-state index in [4.69, 9.17) is 14.7 Å². The van der Waals surface area contributed by atoms with Crippen LogP contribution < -0.4 is 9.47 Å². The summed E-state index contributed by atoms with van der Waals surface area (Å²) in [6.45, 7) is 2.31. The van der Waals surface area contributed by atoms with Crippen molar-refractivity contribution in [3.63, 3.8) is 0 Å². The number of fused-ring (bicyclic) bond motifs is 1. The lowest BCUT2D eigenvalue weighted by Gasteiger charge is -2.15. The highest BCUT2D eigenvalue weighted by atomic mass is 16.7. The van der Waals surface area contributed by atoms with Gasteiger partial charge in [0, 0.05) is 5.39 Å². The van der Waals surface area contributed by atoms with Crippen molar-refractivity contribution >= 4 is 10.8 Å². The fourth-order valence-electron chi connectivity index (χ4n) is 3.58. The summed E-state index contributed by atoms with van der Waals surface area (Å²) in [5, 5.41) is 11.2. The number of nitriles is 1.